The second kappa shape index (κ2) is 6.61. The average Bonchev–Trinajstić information content (AvgIpc) is 3.20. The van der Waals surface area contributed by atoms with Crippen molar-refractivity contribution in [3.63, 3.8) is 0 Å². The van der Waals surface area contributed by atoms with Crippen LogP contribution in [0.1, 0.15) is 12.0 Å². The molecule has 26 heavy (non-hydrogen) atoms. The van der Waals surface area contributed by atoms with Crippen molar-refractivity contribution in [2.45, 2.75) is 18.9 Å². The molecule has 1 aromatic carbocycles. The van der Waals surface area contributed by atoms with E-state index in [1.807, 2.05) is 28.9 Å². The van der Waals surface area contributed by atoms with E-state index in [9.17, 15) is 0 Å². The maximum absolute atomic E-state index is 6.65. The number of benzene rings is 1. The van der Waals surface area contributed by atoms with Gasteiger partial charge >= 0.3 is 0 Å². The molecule has 4 rings (SSSR count). The molecule has 1 atom stereocenters. The fraction of sp³-hybridized carbons (Fsp3) is 0.333. The van der Waals surface area contributed by atoms with Crippen molar-refractivity contribution in [1.82, 2.24) is 14.6 Å². The molecule has 0 radical (unpaired) electrons. The predicted molar refractivity (Wildman–Crippen MR) is 106 cm³/mol. The van der Waals surface area contributed by atoms with Gasteiger partial charge < -0.3 is 16.0 Å². The van der Waals surface area contributed by atoms with Crippen LogP contribution in [0.4, 0.5) is 11.5 Å². The largest absolute Gasteiger partial charge is 0.382 e. The van der Waals surface area contributed by atoms with Crippen LogP contribution in [0, 0.1) is 6.92 Å². The average molecular weight is 391 g/mol. The van der Waals surface area contributed by atoms with Crippen molar-refractivity contribution in [3.8, 4) is 0 Å². The van der Waals surface area contributed by atoms with Gasteiger partial charge in [0.2, 0.25) is 0 Å². The zero-order valence-corrected chi connectivity index (χ0v) is 15.9. The number of rotatable bonds is 4. The Morgan fingerprint density at radius 1 is 1.31 bits per heavy atom. The number of anilines is 2. The minimum absolute atomic E-state index is 0.381. The minimum Gasteiger partial charge on any atom is -0.382 e. The van der Waals surface area contributed by atoms with Gasteiger partial charge in [0, 0.05) is 25.8 Å². The maximum Gasteiger partial charge on any atom is 0.156 e. The van der Waals surface area contributed by atoms with Gasteiger partial charge in [-0.25, -0.2) is 9.50 Å². The molecule has 1 saturated heterocycles. The van der Waals surface area contributed by atoms with Gasteiger partial charge in [0.05, 0.1) is 21.3 Å². The quantitative estimate of drug-likeness (QED) is 0.714. The second-order valence-electron chi connectivity index (χ2n) is 6.86. The molecule has 0 spiro atoms. The lowest BCUT2D eigenvalue weighted by Gasteiger charge is -2.26. The molecule has 6 nitrogen and oxygen atoms in total. The van der Waals surface area contributed by atoms with Gasteiger partial charge in [-0.2, -0.15) is 5.10 Å². The molecule has 1 unspecified atom stereocenters. The summed E-state index contributed by atoms with van der Waals surface area (Å²) >= 11 is 12.3. The van der Waals surface area contributed by atoms with Crippen LogP contribution in [0.15, 0.2) is 36.8 Å². The van der Waals surface area contributed by atoms with E-state index in [1.54, 1.807) is 12.4 Å². The van der Waals surface area contributed by atoms with Gasteiger partial charge in [-0.15, -0.1) is 0 Å². The summed E-state index contributed by atoms with van der Waals surface area (Å²) in [5, 5.41) is 8.67. The lowest BCUT2D eigenvalue weighted by atomic mass is 10.0. The molecule has 0 saturated carbocycles. The van der Waals surface area contributed by atoms with Crippen LogP contribution in [0.5, 0.6) is 0 Å². The number of hydrogen-bond donors (Lipinski definition) is 2. The Kier molecular flexibility index (Phi) is 4.42. The van der Waals surface area contributed by atoms with Crippen LogP contribution in [0.25, 0.3) is 5.52 Å². The highest BCUT2D eigenvalue weighted by molar-refractivity contribution is 6.43. The van der Waals surface area contributed by atoms with Crippen LogP contribution in [0.3, 0.4) is 0 Å². The van der Waals surface area contributed by atoms with Gasteiger partial charge in [-0.1, -0.05) is 29.3 Å². The number of aryl methyl sites for hydroxylation is 1. The molecule has 0 bridgehead atoms. The number of nitrogens with zero attached hydrogens (tertiary/aromatic N) is 4. The highest BCUT2D eigenvalue weighted by atomic mass is 35.5. The Morgan fingerprint density at radius 3 is 3.00 bits per heavy atom. The van der Waals surface area contributed by atoms with E-state index in [2.05, 4.69) is 27.2 Å². The maximum atomic E-state index is 6.65. The molecule has 0 aliphatic carbocycles. The number of aromatic nitrogens is 3. The van der Waals surface area contributed by atoms with E-state index in [1.165, 1.54) is 0 Å². The van der Waals surface area contributed by atoms with Crippen molar-refractivity contribution in [2.24, 2.45) is 5.73 Å². The SMILES string of the molecule is Cc1ccn2ncnc(N3CCC(N)(CNc4cccc(Cl)c4Cl)C3)c12. The third-order valence-corrected chi connectivity index (χ3v) is 5.72. The highest BCUT2D eigenvalue weighted by Crippen LogP contribution is 2.32. The molecule has 2 aromatic heterocycles. The molecular weight excluding hydrogens is 371 g/mol. The summed E-state index contributed by atoms with van der Waals surface area (Å²) in [6.07, 6.45) is 4.39. The van der Waals surface area contributed by atoms with Gasteiger partial charge in [0.25, 0.3) is 0 Å². The summed E-state index contributed by atoms with van der Waals surface area (Å²) in [6, 6.07) is 7.59. The van der Waals surface area contributed by atoms with Gasteiger partial charge in [-0.3, -0.25) is 0 Å². The third-order valence-electron chi connectivity index (χ3n) is 4.90. The molecular formula is C18H20Cl2N6. The number of nitrogens with two attached hydrogens (primary N) is 1. The number of hydrogen-bond acceptors (Lipinski definition) is 5. The Labute approximate surface area is 161 Å². The minimum atomic E-state index is -0.381. The van der Waals surface area contributed by atoms with Crippen molar-refractivity contribution in [1.29, 1.82) is 0 Å². The first-order valence-corrected chi connectivity index (χ1v) is 9.23. The van der Waals surface area contributed by atoms with E-state index in [-0.39, 0.29) is 5.54 Å². The topological polar surface area (TPSA) is 71.5 Å². The number of nitrogens with one attached hydrogen (secondary N) is 1. The third kappa shape index (κ3) is 3.09. The monoisotopic (exact) mass is 390 g/mol. The van der Waals surface area contributed by atoms with E-state index in [0.717, 1.165) is 35.6 Å². The summed E-state index contributed by atoms with van der Waals surface area (Å²) in [5.74, 6) is 0.926. The Hall–Kier alpha value is -2.02. The van der Waals surface area contributed by atoms with E-state index < -0.39 is 0 Å². The normalized spacial score (nSPS) is 20.1. The standard InChI is InChI=1S/C18H20Cl2N6/c1-12-5-7-26-16(12)17(23-11-24-26)25-8-6-18(21,10-25)9-22-14-4-2-3-13(19)15(14)20/h2-5,7,11,22H,6,8-10,21H2,1H3. The van der Waals surface area contributed by atoms with Crippen LogP contribution in [0.2, 0.25) is 10.0 Å². The van der Waals surface area contributed by atoms with Crippen LogP contribution < -0.4 is 16.0 Å². The summed E-state index contributed by atoms with van der Waals surface area (Å²) in [6.45, 7) is 4.22. The first kappa shape index (κ1) is 17.4. The highest BCUT2D eigenvalue weighted by Gasteiger charge is 2.36. The summed E-state index contributed by atoms with van der Waals surface area (Å²) in [7, 11) is 0. The second-order valence-corrected chi connectivity index (χ2v) is 7.65. The summed E-state index contributed by atoms with van der Waals surface area (Å²) < 4.78 is 1.86. The molecule has 1 fully saturated rings. The van der Waals surface area contributed by atoms with Crippen molar-refractivity contribution in [2.75, 3.05) is 29.9 Å². The number of halogens is 2. The smallest absolute Gasteiger partial charge is 0.156 e. The van der Waals surface area contributed by atoms with Crippen molar-refractivity contribution >= 4 is 40.2 Å². The Morgan fingerprint density at radius 2 is 2.15 bits per heavy atom. The van der Waals surface area contributed by atoms with Crippen molar-refractivity contribution in [3.05, 3.63) is 52.4 Å². The molecule has 136 valence electrons. The molecule has 3 heterocycles. The Bertz CT molecular complexity index is 956. The lowest BCUT2D eigenvalue weighted by molar-refractivity contribution is 0.499. The zero-order chi connectivity index (χ0) is 18.3. The van der Waals surface area contributed by atoms with Gasteiger partial charge in [0.1, 0.15) is 11.8 Å². The van der Waals surface area contributed by atoms with Crippen LogP contribution in [-0.2, 0) is 0 Å². The predicted octanol–water partition coefficient (Wildman–Crippen LogP) is 3.36. The molecule has 3 N–H and O–H groups in total. The van der Waals surface area contributed by atoms with E-state index >= 15 is 0 Å². The molecule has 1 aliphatic rings. The van der Waals surface area contributed by atoms with Crippen LogP contribution >= 0.6 is 23.2 Å². The first-order chi connectivity index (χ1) is 12.5. The molecule has 1 aliphatic heterocycles. The zero-order valence-electron chi connectivity index (χ0n) is 14.4. The first-order valence-electron chi connectivity index (χ1n) is 8.47. The van der Waals surface area contributed by atoms with E-state index in [4.69, 9.17) is 28.9 Å². The fourth-order valence-electron chi connectivity index (χ4n) is 3.45. The lowest BCUT2D eigenvalue weighted by Crippen LogP contribution is -2.48. The van der Waals surface area contributed by atoms with Crippen LogP contribution in [-0.4, -0.2) is 39.8 Å². The fourth-order valence-corrected chi connectivity index (χ4v) is 3.82. The summed E-state index contributed by atoms with van der Waals surface area (Å²) in [5.41, 5.74) is 9.25. The van der Waals surface area contributed by atoms with E-state index in [0.29, 0.717) is 23.1 Å². The Balaban J connectivity index is 1.52. The van der Waals surface area contributed by atoms with Crippen molar-refractivity contribution < 1.29 is 0 Å². The molecule has 3 aromatic rings. The van der Waals surface area contributed by atoms with Gasteiger partial charge in [0.15, 0.2) is 5.82 Å². The molecule has 8 heteroatoms. The summed E-state index contributed by atoms with van der Waals surface area (Å²) in [4.78, 5) is 6.74. The number of fused-ring (bicyclic) bond motifs is 1. The van der Waals surface area contributed by atoms with Gasteiger partial charge in [-0.05, 0) is 37.1 Å². The molecule has 0 amide bonds.